The van der Waals surface area contributed by atoms with Gasteiger partial charge in [0.1, 0.15) is 0 Å². The molecule has 20 heavy (non-hydrogen) atoms. The summed E-state index contributed by atoms with van der Waals surface area (Å²) in [5.74, 6) is 0. The minimum Gasteiger partial charge on any atom is -0.368 e. The maximum atomic E-state index is 3.73. The summed E-state index contributed by atoms with van der Waals surface area (Å²) in [5.41, 5.74) is 7.60. The number of nitrogens with one attached hydrogen (secondary N) is 2. The molecule has 104 valence electrons. The molecule has 1 aromatic heterocycles. The molecule has 2 nitrogen and oxygen atoms in total. The van der Waals surface area contributed by atoms with Gasteiger partial charge in [0.15, 0.2) is 0 Å². The molecule has 2 aromatic rings. The van der Waals surface area contributed by atoms with Gasteiger partial charge in [0.05, 0.1) is 0 Å². The SMILES string of the molecule is C=CN/C=C(\c1cc[nH]c1C)c1cccc(C)c1CC. The van der Waals surface area contributed by atoms with E-state index < -0.39 is 0 Å². The summed E-state index contributed by atoms with van der Waals surface area (Å²) in [6, 6.07) is 8.60. The van der Waals surface area contributed by atoms with Crippen molar-refractivity contribution in [3.8, 4) is 0 Å². The van der Waals surface area contributed by atoms with Gasteiger partial charge in [0.25, 0.3) is 0 Å². The third-order valence-electron chi connectivity index (χ3n) is 3.64. The number of H-pyrrole nitrogens is 1. The maximum Gasteiger partial charge on any atom is 0.0195 e. The highest BCUT2D eigenvalue weighted by molar-refractivity contribution is 5.82. The average molecular weight is 266 g/mol. The van der Waals surface area contributed by atoms with Crippen molar-refractivity contribution in [1.82, 2.24) is 10.3 Å². The van der Waals surface area contributed by atoms with Gasteiger partial charge in [-0.2, -0.15) is 0 Å². The molecule has 0 saturated heterocycles. The zero-order valence-electron chi connectivity index (χ0n) is 12.5. The van der Waals surface area contributed by atoms with Crippen LogP contribution in [0.5, 0.6) is 0 Å². The van der Waals surface area contributed by atoms with Crippen LogP contribution in [0.3, 0.4) is 0 Å². The molecule has 0 atom stereocenters. The molecule has 0 aliphatic heterocycles. The first-order valence-corrected chi connectivity index (χ1v) is 6.99. The molecule has 0 fully saturated rings. The number of hydrogen-bond donors (Lipinski definition) is 2. The van der Waals surface area contributed by atoms with Gasteiger partial charge >= 0.3 is 0 Å². The minimum atomic E-state index is 1.02. The van der Waals surface area contributed by atoms with Crippen LogP contribution in [-0.2, 0) is 6.42 Å². The van der Waals surface area contributed by atoms with Crippen LogP contribution in [-0.4, -0.2) is 4.98 Å². The third kappa shape index (κ3) is 2.69. The number of benzene rings is 1. The predicted molar refractivity (Wildman–Crippen MR) is 86.5 cm³/mol. The minimum absolute atomic E-state index is 1.02. The maximum absolute atomic E-state index is 3.73. The fourth-order valence-electron chi connectivity index (χ4n) is 2.61. The largest absolute Gasteiger partial charge is 0.368 e. The smallest absolute Gasteiger partial charge is 0.0195 e. The summed E-state index contributed by atoms with van der Waals surface area (Å²) < 4.78 is 0. The molecule has 2 N–H and O–H groups in total. The second-order valence-corrected chi connectivity index (χ2v) is 4.90. The molecule has 1 heterocycles. The molecule has 0 bridgehead atoms. The zero-order valence-corrected chi connectivity index (χ0v) is 12.5. The fourth-order valence-corrected chi connectivity index (χ4v) is 2.61. The van der Waals surface area contributed by atoms with E-state index in [0.717, 1.165) is 6.42 Å². The van der Waals surface area contributed by atoms with Gasteiger partial charge in [0, 0.05) is 29.2 Å². The van der Waals surface area contributed by atoms with E-state index in [4.69, 9.17) is 0 Å². The molecule has 0 aliphatic carbocycles. The summed E-state index contributed by atoms with van der Waals surface area (Å²) >= 11 is 0. The first-order valence-electron chi connectivity index (χ1n) is 6.99. The lowest BCUT2D eigenvalue weighted by atomic mass is 9.91. The molecule has 1 aromatic carbocycles. The van der Waals surface area contributed by atoms with Crippen molar-refractivity contribution in [2.24, 2.45) is 0 Å². The molecule has 0 aliphatic rings. The van der Waals surface area contributed by atoms with Crippen molar-refractivity contribution < 1.29 is 0 Å². The molecule has 2 heteroatoms. The van der Waals surface area contributed by atoms with Gasteiger partial charge in [-0.05, 0) is 49.2 Å². The Hall–Kier alpha value is -2.22. The number of aromatic amines is 1. The average Bonchev–Trinajstić information content (AvgIpc) is 2.86. The highest BCUT2D eigenvalue weighted by Gasteiger charge is 2.13. The molecule has 2 rings (SSSR count). The van der Waals surface area contributed by atoms with Gasteiger partial charge in [0.2, 0.25) is 0 Å². The number of aryl methyl sites for hydroxylation is 2. The van der Waals surface area contributed by atoms with Gasteiger partial charge in [-0.15, -0.1) is 0 Å². The summed E-state index contributed by atoms with van der Waals surface area (Å²) in [6.45, 7) is 10.2. The normalized spacial score (nSPS) is 11.4. The van der Waals surface area contributed by atoms with Gasteiger partial charge in [-0.25, -0.2) is 0 Å². The van der Waals surface area contributed by atoms with Crippen LogP contribution in [0.15, 0.2) is 49.4 Å². The van der Waals surface area contributed by atoms with Crippen LogP contribution in [0, 0.1) is 13.8 Å². The van der Waals surface area contributed by atoms with Crippen LogP contribution in [0.25, 0.3) is 5.57 Å². The second kappa shape index (κ2) is 6.29. The van der Waals surface area contributed by atoms with Crippen molar-refractivity contribution in [2.75, 3.05) is 0 Å². The van der Waals surface area contributed by atoms with E-state index in [-0.39, 0.29) is 0 Å². The van der Waals surface area contributed by atoms with Crippen LogP contribution in [0.2, 0.25) is 0 Å². The van der Waals surface area contributed by atoms with E-state index in [0.29, 0.717) is 0 Å². The van der Waals surface area contributed by atoms with Crippen molar-refractivity contribution in [1.29, 1.82) is 0 Å². The van der Waals surface area contributed by atoms with Gasteiger partial charge < -0.3 is 10.3 Å². The number of aromatic nitrogens is 1. The Labute approximate surface area is 121 Å². The molecule has 0 amide bonds. The van der Waals surface area contributed by atoms with E-state index >= 15 is 0 Å². The highest BCUT2D eigenvalue weighted by Crippen LogP contribution is 2.29. The summed E-state index contributed by atoms with van der Waals surface area (Å²) in [4.78, 5) is 3.25. The lowest BCUT2D eigenvalue weighted by molar-refractivity contribution is 1.09. The third-order valence-corrected chi connectivity index (χ3v) is 3.64. The summed E-state index contributed by atoms with van der Waals surface area (Å²) in [5, 5.41) is 3.12. The molecule has 0 saturated carbocycles. The molecular weight excluding hydrogens is 244 g/mol. The van der Waals surface area contributed by atoms with Crippen LogP contribution >= 0.6 is 0 Å². The first kappa shape index (κ1) is 14.2. The van der Waals surface area contributed by atoms with Crippen molar-refractivity contribution >= 4 is 5.57 Å². The van der Waals surface area contributed by atoms with Gasteiger partial charge in [-0.1, -0.05) is 31.7 Å². The van der Waals surface area contributed by atoms with E-state index in [1.165, 1.54) is 33.5 Å². The summed E-state index contributed by atoms with van der Waals surface area (Å²) in [6.07, 6.45) is 6.73. The topological polar surface area (TPSA) is 27.8 Å². The van der Waals surface area contributed by atoms with Gasteiger partial charge in [-0.3, -0.25) is 0 Å². The Morgan fingerprint density at radius 3 is 2.65 bits per heavy atom. The number of hydrogen-bond acceptors (Lipinski definition) is 1. The predicted octanol–water partition coefficient (Wildman–Crippen LogP) is 4.32. The van der Waals surface area contributed by atoms with Crippen molar-refractivity contribution in [3.05, 3.63) is 77.4 Å². The fraction of sp³-hybridized carbons (Fsp3) is 0.222. The Morgan fingerprint density at radius 2 is 2.05 bits per heavy atom. The molecule has 0 spiro atoms. The molecule has 0 unspecified atom stereocenters. The zero-order chi connectivity index (χ0) is 14.5. The number of rotatable bonds is 5. The molecule has 0 radical (unpaired) electrons. The van der Waals surface area contributed by atoms with Crippen molar-refractivity contribution in [2.45, 2.75) is 27.2 Å². The summed E-state index contributed by atoms with van der Waals surface area (Å²) in [7, 11) is 0. The van der Waals surface area contributed by atoms with E-state index in [1.54, 1.807) is 6.20 Å². The lowest BCUT2D eigenvalue weighted by Gasteiger charge is -2.15. The van der Waals surface area contributed by atoms with Crippen LogP contribution in [0.4, 0.5) is 0 Å². The molecular formula is C18H22N2. The van der Waals surface area contributed by atoms with E-state index in [2.05, 4.69) is 61.9 Å². The van der Waals surface area contributed by atoms with Crippen LogP contribution < -0.4 is 5.32 Å². The highest BCUT2D eigenvalue weighted by atomic mass is 14.8. The Morgan fingerprint density at radius 1 is 1.25 bits per heavy atom. The van der Waals surface area contributed by atoms with E-state index in [1.807, 2.05) is 12.4 Å². The Kier molecular flexibility index (Phi) is 4.46. The quantitative estimate of drug-likeness (QED) is 0.829. The van der Waals surface area contributed by atoms with Crippen molar-refractivity contribution in [3.63, 3.8) is 0 Å². The second-order valence-electron chi connectivity index (χ2n) is 4.90. The lowest BCUT2D eigenvalue weighted by Crippen LogP contribution is -2.01. The standard InChI is InChI=1S/C18H22N2/c1-5-15-13(3)8-7-9-17(15)18(12-19-6-2)16-10-11-20-14(16)4/h6-12,19-20H,2,5H2,1,3-4H3/b18-12+. The monoisotopic (exact) mass is 266 g/mol. The Bertz CT molecular complexity index is 633. The van der Waals surface area contributed by atoms with Crippen LogP contribution in [0.1, 0.15) is 34.9 Å². The first-order chi connectivity index (χ1) is 9.69. The Balaban J connectivity index is 2.62. The van der Waals surface area contributed by atoms with E-state index in [9.17, 15) is 0 Å².